The second-order valence-corrected chi connectivity index (χ2v) is 9.05. The highest BCUT2D eigenvalue weighted by Crippen LogP contribution is 2.49. The number of fused-ring (bicyclic) bond motifs is 1. The number of rotatable bonds is 6. The number of nitro groups is 1. The second kappa shape index (κ2) is 9.42. The van der Waals surface area contributed by atoms with Crippen molar-refractivity contribution in [2.75, 3.05) is 16.6 Å². The van der Waals surface area contributed by atoms with Gasteiger partial charge in [0.05, 0.1) is 28.9 Å². The smallest absolute Gasteiger partial charge is 0.271 e. The van der Waals surface area contributed by atoms with Crippen LogP contribution in [0.4, 0.5) is 17.1 Å². The number of carbonyl (C=O) groups is 2. The maximum Gasteiger partial charge on any atom is 0.271 e. The van der Waals surface area contributed by atoms with E-state index in [1.54, 1.807) is 42.5 Å². The van der Waals surface area contributed by atoms with Crippen LogP contribution in [0.3, 0.4) is 0 Å². The van der Waals surface area contributed by atoms with Crippen LogP contribution in [0.1, 0.15) is 18.5 Å². The fourth-order valence-electron chi connectivity index (χ4n) is 4.57. The van der Waals surface area contributed by atoms with Gasteiger partial charge in [0, 0.05) is 28.2 Å². The van der Waals surface area contributed by atoms with Gasteiger partial charge in [-0.3, -0.25) is 24.5 Å². The van der Waals surface area contributed by atoms with Crippen molar-refractivity contribution in [3.05, 3.63) is 92.5 Å². The molecule has 0 N–H and O–H groups in total. The summed E-state index contributed by atoms with van der Waals surface area (Å²) < 4.78 is 5.52. The minimum Gasteiger partial charge on any atom is -0.494 e. The van der Waals surface area contributed by atoms with Crippen molar-refractivity contribution in [2.24, 2.45) is 5.92 Å². The van der Waals surface area contributed by atoms with Gasteiger partial charge in [-0.1, -0.05) is 41.4 Å². The number of benzene rings is 3. The SMILES string of the molecule is CCOc1cccc(N2C(=O)[C@@H]3[C@@H](ON(c4cccc([N+](=O)[O-])c4)[C@H]3c3ccc(Cl)cc3Cl)C2=O)c1. The monoisotopic (exact) mass is 527 g/mol. The van der Waals surface area contributed by atoms with Gasteiger partial charge in [-0.05, 0) is 42.8 Å². The first kappa shape index (κ1) is 24.1. The number of hydrogen-bond donors (Lipinski definition) is 0. The summed E-state index contributed by atoms with van der Waals surface area (Å²) in [5.41, 5.74) is 0.990. The molecule has 5 rings (SSSR count). The zero-order valence-electron chi connectivity index (χ0n) is 18.8. The van der Waals surface area contributed by atoms with E-state index in [-0.39, 0.29) is 10.7 Å². The Balaban J connectivity index is 1.60. The first-order chi connectivity index (χ1) is 17.3. The number of anilines is 2. The van der Waals surface area contributed by atoms with Crippen molar-refractivity contribution < 1.29 is 24.1 Å². The van der Waals surface area contributed by atoms with E-state index in [2.05, 4.69) is 0 Å². The first-order valence-corrected chi connectivity index (χ1v) is 11.8. The highest BCUT2D eigenvalue weighted by atomic mass is 35.5. The lowest BCUT2D eigenvalue weighted by Crippen LogP contribution is -2.37. The third-order valence-electron chi connectivity index (χ3n) is 6.08. The van der Waals surface area contributed by atoms with Crippen LogP contribution in [-0.4, -0.2) is 29.4 Å². The van der Waals surface area contributed by atoms with Crippen LogP contribution in [0.5, 0.6) is 5.75 Å². The number of hydroxylamine groups is 1. The number of ether oxygens (including phenoxy) is 1. The van der Waals surface area contributed by atoms with E-state index in [1.165, 1.54) is 29.3 Å². The van der Waals surface area contributed by atoms with E-state index < -0.39 is 34.8 Å². The Kier molecular flexibility index (Phi) is 6.29. The molecule has 0 saturated carbocycles. The molecule has 36 heavy (non-hydrogen) atoms. The van der Waals surface area contributed by atoms with Crippen molar-refractivity contribution >= 4 is 52.1 Å². The van der Waals surface area contributed by atoms with Gasteiger partial charge in [0.1, 0.15) is 11.7 Å². The minimum absolute atomic E-state index is 0.166. The number of non-ortho nitro benzene ring substituents is 1. The van der Waals surface area contributed by atoms with Crippen molar-refractivity contribution in [1.82, 2.24) is 0 Å². The molecule has 0 aliphatic carbocycles. The molecule has 3 aromatic rings. The van der Waals surface area contributed by atoms with E-state index in [0.717, 1.165) is 4.90 Å². The lowest BCUT2D eigenvalue weighted by atomic mass is 9.90. The quantitative estimate of drug-likeness (QED) is 0.241. The zero-order valence-corrected chi connectivity index (χ0v) is 20.3. The number of nitrogens with zero attached hydrogens (tertiary/aromatic N) is 3. The Morgan fingerprint density at radius 3 is 2.47 bits per heavy atom. The highest BCUT2D eigenvalue weighted by molar-refractivity contribution is 6.35. The van der Waals surface area contributed by atoms with Gasteiger partial charge >= 0.3 is 0 Å². The van der Waals surface area contributed by atoms with Crippen LogP contribution in [0.2, 0.25) is 10.0 Å². The molecular weight excluding hydrogens is 509 g/mol. The van der Waals surface area contributed by atoms with Crippen molar-refractivity contribution in [1.29, 1.82) is 0 Å². The molecule has 9 nitrogen and oxygen atoms in total. The fourth-order valence-corrected chi connectivity index (χ4v) is 5.09. The average molecular weight is 528 g/mol. The summed E-state index contributed by atoms with van der Waals surface area (Å²) in [7, 11) is 0. The predicted octanol–water partition coefficient (Wildman–Crippen LogP) is 5.35. The van der Waals surface area contributed by atoms with E-state index in [0.29, 0.717) is 34.3 Å². The van der Waals surface area contributed by atoms with Gasteiger partial charge in [-0.2, -0.15) is 0 Å². The topological polar surface area (TPSA) is 102 Å². The molecule has 2 heterocycles. The number of nitro benzene ring substituents is 1. The van der Waals surface area contributed by atoms with E-state index in [4.69, 9.17) is 32.8 Å². The lowest BCUT2D eigenvalue weighted by molar-refractivity contribution is -0.384. The molecule has 2 amide bonds. The highest BCUT2D eigenvalue weighted by Gasteiger charge is 2.60. The van der Waals surface area contributed by atoms with Gasteiger partial charge in [-0.15, -0.1) is 0 Å². The molecule has 2 aliphatic rings. The summed E-state index contributed by atoms with van der Waals surface area (Å²) in [6, 6.07) is 16.4. The van der Waals surface area contributed by atoms with Gasteiger partial charge in [0.15, 0.2) is 6.10 Å². The number of hydrogen-bond acceptors (Lipinski definition) is 7. The molecule has 0 radical (unpaired) electrons. The molecule has 0 bridgehead atoms. The van der Waals surface area contributed by atoms with E-state index in [9.17, 15) is 19.7 Å². The van der Waals surface area contributed by atoms with Crippen LogP contribution in [-0.2, 0) is 14.4 Å². The summed E-state index contributed by atoms with van der Waals surface area (Å²) in [6.45, 7) is 2.26. The number of halogens is 2. The van der Waals surface area contributed by atoms with Crippen LogP contribution in [0.15, 0.2) is 66.7 Å². The molecule has 0 unspecified atom stereocenters. The average Bonchev–Trinajstić information content (AvgIpc) is 3.35. The summed E-state index contributed by atoms with van der Waals surface area (Å²) in [6.07, 6.45) is -1.16. The Morgan fingerprint density at radius 2 is 1.75 bits per heavy atom. The van der Waals surface area contributed by atoms with E-state index in [1.807, 2.05) is 6.92 Å². The molecule has 3 atom stereocenters. The Hall–Kier alpha value is -3.66. The molecular formula is C25H19Cl2N3O6. The molecule has 2 fully saturated rings. The predicted molar refractivity (Wildman–Crippen MR) is 133 cm³/mol. The van der Waals surface area contributed by atoms with Gasteiger partial charge in [0.25, 0.3) is 11.6 Å². The van der Waals surface area contributed by atoms with Crippen LogP contribution < -0.4 is 14.7 Å². The normalized spacial score (nSPS) is 21.1. The summed E-state index contributed by atoms with van der Waals surface area (Å²) in [5.74, 6) is -1.49. The van der Waals surface area contributed by atoms with Gasteiger partial charge in [-0.25, -0.2) is 9.96 Å². The lowest BCUT2D eigenvalue weighted by Gasteiger charge is -2.29. The van der Waals surface area contributed by atoms with Crippen molar-refractivity contribution in [3.63, 3.8) is 0 Å². The summed E-state index contributed by atoms with van der Waals surface area (Å²) in [5, 5.41) is 13.4. The van der Waals surface area contributed by atoms with E-state index >= 15 is 0 Å². The molecule has 2 aliphatic heterocycles. The Labute approximate surface area is 215 Å². The Bertz CT molecular complexity index is 1380. The number of amides is 2. The van der Waals surface area contributed by atoms with Gasteiger partial charge in [0.2, 0.25) is 5.91 Å². The van der Waals surface area contributed by atoms with Crippen LogP contribution >= 0.6 is 23.2 Å². The van der Waals surface area contributed by atoms with Gasteiger partial charge < -0.3 is 4.74 Å². The molecule has 184 valence electrons. The number of imide groups is 1. The zero-order chi connectivity index (χ0) is 25.6. The molecule has 0 aromatic heterocycles. The third kappa shape index (κ3) is 4.05. The second-order valence-electron chi connectivity index (χ2n) is 8.21. The summed E-state index contributed by atoms with van der Waals surface area (Å²) in [4.78, 5) is 45.2. The van der Waals surface area contributed by atoms with Crippen LogP contribution in [0.25, 0.3) is 0 Å². The standard InChI is InChI=1S/C25H19Cl2N3O6/c1-2-35-18-8-4-5-15(13-18)28-24(31)21-22(19-10-9-14(26)11-20(19)27)29(36-23(21)25(28)32)16-6-3-7-17(12-16)30(33)34/h3-13,21-23H,2H2,1H3/t21-,22-,23+/m0/s1. The molecule has 11 heteroatoms. The minimum atomic E-state index is -1.16. The first-order valence-electron chi connectivity index (χ1n) is 11.1. The fraction of sp³-hybridized carbons (Fsp3) is 0.200. The molecule has 3 aromatic carbocycles. The Morgan fingerprint density at radius 1 is 1.00 bits per heavy atom. The molecule has 0 spiro atoms. The largest absolute Gasteiger partial charge is 0.494 e. The number of carbonyl (C=O) groups excluding carboxylic acids is 2. The maximum absolute atomic E-state index is 13.8. The van der Waals surface area contributed by atoms with Crippen LogP contribution in [0, 0.1) is 16.0 Å². The third-order valence-corrected chi connectivity index (χ3v) is 6.64. The maximum atomic E-state index is 13.8. The van der Waals surface area contributed by atoms with Crippen molar-refractivity contribution in [3.8, 4) is 5.75 Å². The molecule has 2 saturated heterocycles. The van der Waals surface area contributed by atoms with Crippen molar-refractivity contribution in [2.45, 2.75) is 19.1 Å². The summed E-state index contributed by atoms with van der Waals surface area (Å²) >= 11 is 12.6.